The minimum atomic E-state index is 0.121. The quantitative estimate of drug-likeness (QED) is 0.799. The summed E-state index contributed by atoms with van der Waals surface area (Å²) in [4.78, 5) is 6.28. The molecule has 2 heterocycles. The van der Waals surface area contributed by atoms with Crippen molar-refractivity contribution in [3.05, 3.63) is 11.5 Å². The maximum Gasteiger partial charge on any atom is 0.246 e. The lowest BCUT2D eigenvalue weighted by atomic mass is 10.1. The normalized spacial score (nSPS) is 21.2. The van der Waals surface area contributed by atoms with E-state index >= 15 is 0 Å². The largest absolute Gasteiger partial charge is 0.476 e. The van der Waals surface area contributed by atoms with Gasteiger partial charge < -0.3 is 9.64 Å². The van der Waals surface area contributed by atoms with E-state index in [0.717, 1.165) is 6.42 Å². The molecule has 0 bridgehead atoms. The second-order valence-electron chi connectivity index (χ2n) is 3.98. The third-order valence-electron chi connectivity index (χ3n) is 2.88. The molecule has 1 unspecified atom stereocenters. The van der Waals surface area contributed by atoms with Crippen molar-refractivity contribution in [1.82, 2.24) is 20.1 Å². The van der Waals surface area contributed by atoms with Gasteiger partial charge in [0.1, 0.15) is 6.20 Å². The van der Waals surface area contributed by atoms with Crippen LogP contribution >= 0.6 is 11.6 Å². The molecule has 1 aromatic heterocycles. The van der Waals surface area contributed by atoms with Gasteiger partial charge in [0, 0.05) is 6.04 Å². The van der Waals surface area contributed by atoms with Gasteiger partial charge in [-0.05, 0) is 44.5 Å². The number of rotatable bonds is 4. The molecule has 1 saturated heterocycles. The number of hydrogen-bond acceptors (Lipinski definition) is 5. The molecule has 0 aromatic carbocycles. The maximum absolute atomic E-state index is 5.60. The van der Waals surface area contributed by atoms with Gasteiger partial charge in [0.05, 0.1) is 6.61 Å². The highest BCUT2D eigenvalue weighted by Gasteiger charge is 2.20. The van der Waals surface area contributed by atoms with Crippen LogP contribution in [0.4, 0.5) is 0 Å². The van der Waals surface area contributed by atoms with E-state index in [1.165, 1.54) is 25.6 Å². The molecular formula is C10H15ClN4O. The van der Waals surface area contributed by atoms with E-state index in [9.17, 15) is 0 Å². The second kappa shape index (κ2) is 5.41. The van der Waals surface area contributed by atoms with Crippen molar-refractivity contribution in [2.75, 3.05) is 20.2 Å². The molecule has 1 fully saturated rings. The Morgan fingerprint density at radius 3 is 3.19 bits per heavy atom. The van der Waals surface area contributed by atoms with Crippen LogP contribution in [0.1, 0.15) is 19.3 Å². The first-order valence-electron chi connectivity index (χ1n) is 5.44. The minimum Gasteiger partial charge on any atom is -0.476 e. The lowest BCUT2D eigenvalue weighted by Gasteiger charge is -2.18. The lowest BCUT2D eigenvalue weighted by Crippen LogP contribution is -2.26. The second-order valence-corrected chi connectivity index (χ2v) is 4.32. The van der Waals surface area contributed by atoms with Crippen molar-refractivity contribution in [3.63, 3.8) is 0 Å². The molecule has 0 saturated carbocycles. The van der Waals surface area contributed by atoms with E-state index in [-0.39, 0.29) is 5.28 Å². The highest BCUT2D eigenvalue weighted by Crippen LogP contribution is 2.18. The SMILES string of the molecule is CN1CCCC1CCOc1cnnc(Cl)n1. The van der Waals surface area contributed by atoms with Crippen molar-refractivity contribution < 1.29 is 4.74 Å². The highest BCUT2D eigenvalue weighted by molar-refractivity contribution is 6.28. The van der Waals surface area contributed by atoms with Crippen molar-refractivity contribution >= 4 is 11.6 Å². The fourth-order valence-corrected chi connectivity index (χ4v) is 2.11. The lowest BCUT2D eigenvalue weighted by molar-refractivity contribution is 0.227. The van der Waals surface area contributed by atoms with E-state index < -0.39 is 0 Å². The Morgan fingerprint density at radius 2 is 2.50 bits per heavy atom. The predicted molar refractivity (Wildman–Crippen MR) is 60.6 cm³/mol. The van der Waals surface area contributed by atoms with Crippen molar-refractivity contribution in [2.24, 2.45) is 0 Å². The third kappa shape index (κ3) is 3.02. The zero-order valence-corrected chi connectivity index (χ0v) is 10.0. The zero-order chi connectivity index (χ0) is 11.4. The summed E-state index contributed by atoms with van der Waals surface area (Å²) in [5, 5.41) is 7.34. The van der Waals surface area contributed by atoms with Crippen molar-refractivity contribution in [3.8, 4) is 5.88 Å². The highest BCUT2D eigenvalue weighted by atomic mass is 35.5. The van der Waals surface area contributed by atoms with Gasteiger partial charge in [-0.15, -0.1) is 5.10 Å². The van der Waals surface area contributed by atoms with Crippen LogP contribution in [0.15, 0.2) is 6.20 Å². The molecule has 16 heavy (non-hydrogen) atoms. The van der Waals surface area contributed by atoms with E-state index in [1.54, 1.807) is 0 Å². The zero-order valence-electron chi connectivity index (χ0n) is 9.27. The number of nitrogens with zero attached hydrogens (tertiary/aromatic N) is 4. The fraction of sp³-hybridized carbons (Fsp3) is 0.700. The van der Waals surface area contributed by atoms with Crippen LogP contribution in [0.2, 0.25) is 5.28 Å². The first-order chi connectivity index (χ1) is 7.75. The van der Waals surface area contributed by atoms with Crippen LogP contribution in [0, 0.1) is 0 Å². The summed E-state index contributed by atoms with van der Waals surface area (Å²) in [5.41, 5.74) is 0. The molecule has 0 N–H and O–H groups in total. The van der Waals surface area contributed by atoms with Gasteiger partial charge >= 0.3 is 0 Å². The average Bonchev–Trinajstić information content (AvgIpc) is 2.65. The van der Waals surface area contributed by atoms with Crippen molar-refractivity contribution in [1.29, 1.82) is 0 Å². The topological polar surface area (TPSA) is 51.1 Å². The van der Waals surface area contributed by atoms with Crippen molar-refractivity contribution in [2.45, 2.75) is 25.3 Å². The molecule has 0 aliphatic carbocycles. The van der Waals surface area contributed by atoms with Crippen LogP contribution in [0.5, 0.6) is 5.88 Å². The summed E-state index contributed by atoms with van der Waals surface area (Å²) in [6.07, 6.45) is 5.02. The summed E-state index contributed by atoms with van der Waals surface area (Å²) in [6.45, 7) is 1.83. The number of aromatic nitrogens is 3. The molecule has 0 radical (unpaired) electrons. The molecule has 1 aromatic rings. The van der Waals surface area contributed by atoms with Gasteiger partial charge in [0.15, 0.2) is 0 Å². The molecule has 1 aliphatic rings. The predicted octanol–water partition coefficient (Wildman–Crippen LogP) is 1.39. The van der Waals surface area contributed by atoms with Crippen LogP contribution in [-0.4, -0.2) is 46.3 Å². The Morgan fingerprint density at radius 1 is 1.62 bits per heavy atom. The summed E-state index contributed by atoms with van der Waals surface area (Å²) in [5.74, 6) is 0.445. The Hall–Kier alpha value is -0.940. The molecule has 5 nitrogen and oxygen atoms in total. The Balaban J connectivity index is 1.75. The van der Waals surface area contributed by atoms with Crippen LogP contribution < -0.4 is 4.74 Å². The molecule has 2 rings (SSSR count). The molecule has 0 amide bonds. The Labute approximate surface area is 99.8 Å². The Kier molecular flexibility index (Phi) is 3.90. The van der Waals surface area contributed by atoms with Gasteiger partial charge in [0.2, 0.25) is 11.2 Å². The number of ether oxygens (including phenoxy) is 1. The van der Waals surface area contributed by atoms with E-state index in [1.807, 2.05) is 0 Å². The van der Waals surface area contributed by atoms with Gasteiger partial charge in [-0.1, -0.05) is 0 Å². The van der Waals surface area contributed by atoms with Gasteiger partial charge in [-0.3, -0.25) is 0 Å². The summed E-state index contributed by atoms with van der Waals surface area (Å²) >= 11 is 5.60. The molecule has 88 valence electrons. The fourth-order valence-electron chi connectivity index (χ4n) is 1.98. The summed E-state index contributed by atoms with van der Waals surface area (Å²) in [7, 11) is 2.15. The van der Waals surface area contributed by atoms with E-state index in [2.05, 4.69) is 27.1 Å². The first kappa shape index (κ1) is 11.5. The van der Waals surface area contributed by atoms with Gasteiger partial charge in [-0.25, -0.2) is 0 Å². The molecule has 1 aliphatic heterocycles. The standard InChI is InChI=1S/C10H15ClN4O/c1-15-5-2-3-8(15)4-6-16-9-7-12-14-10(11)13-9/h7-8H,2-6H2,1H3. The molecule has 1 atom stereocenters. The summed E-state index contributed by atoms with van der Waals surface area (Å²) < 4.78 is 5.47. The van der Waals surface area contributed by atoms with E-state index in [0.29, 0.717) is 18.5 Å². The van der Waals surface area contributed by atoms with Crippen LogP contribution in [0.3, 0.4) is 0 Å². The Bertz CT molecular complexity index is 349. The van der Waals surface area contributed by atoms with Crippen LogP contribution in [0.25, 0.3) is 0 Å². The minimum absolute atomic E-state index is 0.121. The molecular weight excluding hydrogens is 228 g/mol. The monoisotopic (exact) mass is 242 g/mol. The first-order valence-corrected chi connectivity index (χ1v) is 5.82. The van der Waals surface area contributed by atoms with Gasteiger partial charge in [-0.2, -0.15) is 10.1 Å². The summed E-state index contributed by atoms with van der Waals surface area (Å²) in [6, 6.07) is 0.630. The molecule has 0 spiro atoms. The smallest absolute Gasteiger partial charge is 0.246 e. The average molecular weight is 243 g/mol. The maximum atomic E-state index is 5.60. The van der Waals surface area contributed by atoms with Gasteiger partial charge in [0.25, 0.3) is 0 Å². The molecule has 6 heteroatoms. The number of hydrogen-bond donors (Lipinski definition) is 0. The number of likely N-dealkylation sites (tertiary alicyclic amines) is 1. The van der Waals surface area contributed by atoms with Crippen LogP contribution in [-0.2, 0) is 0 Å². The number of halogens is 1. The van der Waals surface area contributed by atoms with E-state index in [4.69, 9.17) is 16.3 Å². The third-order valence-corrected chi connectivity index (χ3v) is 3.04.